The maximum Gasteiger partial charge on any atom is 0.227 e. The van der Waals surface area contributed by atoms with Crippen molar-refractivity contribution in [2.75, 3.05) is 12.4 Å². The van der Waals surface area contributed by atoms with Crippen LogP contribution in [0.2, 0.25) is 0 Å². The van der Waals surface area contributed by atoms with Gasteiger partial charge < -0.3 is 15.5 Å². The summed E-state index contributed by atoms with van der Waals surface area (Å²) in [5.41, 5.74) is 8.15. The number of nitrogens with one attached hydrogen (secondary N) is 1. The van der Waals surface area contributed by atoms with E-state index in [2.05, 4.69) is 15.2 Å². The number of H-pyrrole nitrogens is 1. The Morgan fingerprint density at radius 2 is 1.96 bits per heavy atom. The van der Waals surface area contributed by atoms with Crippen molar-refractivity contribution in [3.8, 4) is 22.8 Å². The van der Waals surface area contributed by atoms with Crippen LogP contribution < -0.4 is 10.5 Å². The minimum Gasteiger partial charge on any atom is -0.494 e. The lowest BCUT2D eigenvalue weighted by molar-refractivity contribution is -0.115. The summed E-state index contributed by atoms with van der Waals surface area (Å²) in [5, 5.41) is 10.4. The number of hydrogen-bond donors (Lipinski definition) is 2. The second-order valence-electron chi connectivity index (χ2n) is 6.07. The Morgan fingerprint density at radius 3 is 2.71 bits per heavy atom. The van der Waals surface area contributed by atoms with E-state index in [0.717, 1.165) is 27.9 Å². The van der Waals surface area contributed by atoms with E-state index in [-0.39, 0.29) is 5.75 Å². The zero-order chi connectivity index (χ0) is 19.5. The number of nitrogens with two attached hydrogens (primary N) is 1. The molecule has 7 nitrogen and oxygen atoms in total. The summed E-state index contributed by atoms with van der Waals surface area (Å²) in [5.74, 6) is 1.20. The predicted octanol–water partition coefficient (Wildman–Crippen LogP) is 3.39. The molecular formula is C20H19N5O2S. The van der Waals surface area contributed by atoms with Crippen molar-refractivity contribution in [1.29, 1.82) is 0 Å². The van der Waals surface area contributed by atoms with Crippen LogP contribution in [-0.2, 0) is 4.79 Å². The Hall–Kier alpha value is -3.26. The lowest BCUT2D eigenvalue weighted by Crippen LogP contribution is -2.13. The lowest BCUT2D eigenvalue weighted by atomic mass is 10.1. The molecule has 0 atom stereocenters. The van der Waals surface area contributed by atoms with Gasteiger partial charge in [-0.3, -0.25) is 9.36 Å². The van der Waals surface area contributed by atoms with E-state index in [0.29, 0.717) is 17.6 Å². The number of thioether (sulfide) groups is 1. The number of primary amides is 1. The number of rotatable bonds is 7. The molecule has 0 saturated carbocycles. The van der Waals surface area contributed by atoms with E-state index >= 15 is 0 Å². The first-order valence-electron chi connectivity index (χ1n) is 8.83. The van der Waals surface area contributed by atoms with E-state index in [1.165, 1.54) is 11.8 Å². The minimum absolute atomic E-state index is 0.128. The van der Waals surface area contributed by atoms with Crippen molar-refractivity contribution in [2.24, 2.45) is 5.73 Å². The molecule has 0 unspecified atom stereocenters. The van der Waals surface area contributed by atoms with Gasteiger partial charge in [0.2, 0.25) is 5.91 Å². The Morgan fingerprint density at radius 1 is 1.18 bits per heavy atom. The number of para-hydroxylation sites is 1. The molecule has 2 heterocycles. The number of aromatic nitrogens is 4. The van der Waals surface area contributed by atoms with Gasteiger partial charge in [-0.2, -0.15) is 0 Å². The number of amides is 1. The third-order valence-electron chi connectivity index (χ3n) is 4.21. The molecule has 2 aromatic carbocycles. The highest BCUT2D eigenvalue weighted by atomic mass is 32.2. The summed E-state index contributed by atoms with van der Waals surface area (Å²) < 4.78 is 7.47. The second-order valence-corrected chi connectivity index (χ2v) is 7.01. The summed E-state index contributed by atoms with van der Waals surface area (Å²) in [4.78, 5) is 14.5. The topological polar surface area (TPSA) is 98.8 Å². The number of hydrogen-bond acceptors (Lipinski definition) is 5. The summed E-state index contributed by atoms with van der Waals surface area (Å²) in [7, 11) is 0. The van der Waals surface area contributed by atoms with Gasteiger partial charge in [-0.05, 0) is 37.3 Å². The third kappa shape index (κ3) is 3.46. The van der Waals surface area contributed by atoms with E-state index in [1.54, 1.807) is 0 Å². The Kier molecular flexibility index (Phi) is 5.03. The summed E-state index contributed by atoms with van der Waals surface area (Å²) in [6, 6.07) is 15.7. The van der Waals surface area contributed by atoms with Crippen LogP contribution >= 0.6 is 11.8 Å². The van der Waals surface area contributed by atoms with Crippen molar-refractivity contribution >= 4 is 28.6 Å². The maximum atomic E-state index is 11.3. The van der Waals surface area contributed by atoms with Crippen LogP contribution in [0.4, 0.5) is 0 Å². The van der Waals surface area contributed by atoms with Crippen LogP contribution in [0.5, 0.6) is 5.75 Å². The molecule has 28 heavy (non-hydrogen) atoms. The summed E-state index contributed by atoms with van der Waals surface area (Å²) >= 11 is 1.26. The molecule has 0 bridgehead atoms. The Bertz CT molecular complexity index is 1120. The van der Waals surface area contributed by atoms with Crippen LogP contribution in [0.1, 0.15) is 6.92 Å². The van der Waals surface area contributed by atoms with E-state index in [4.69, 9.17) is 10.5 Å². The zero-order valence-corrected chi connectivity index (χ0v) is 16.1. The average molecular weight is 393 g/mol. The van der Waals surface area contributed by atoms with E-state index in [1.807, 2.05) is 66.2 Å². The normalized spacial score (nSPS) is 11.0. The first kappa shape index (κ1) is 18.1. The molecule has 4 aromatic rings. The first-order valence-corrected chi connectivity index (χ1v) is 9.82. The quantitative estimate of drug-likeness (QED) is 0.469. The second kappa shape index (κ2) is 7.77. The number of benzene rings is 2. The highest BCUT2D eigenvalue weighted by molar-refractivity contribution is 7.99. The number of aromatic amines is 1. The average Bonchev–Trinajstić information content (AvgIpc) is 3.31. The van der Waals surface area contributed by atoms with Crippen molar-refractivity contribution in [3.63, 3.8) is 0 Å². The van der Waals surface area contributed by atoms with Gasteiger partial charge in [0.15, 0.2) is 11.0 Å². The molecule has 1 amide bonds. The molecule has 0 aliphatic heterocycles. The van der Waals surface area contributed by atoms with Gasteiger partial charge in [0.1, 0.15) is 5.75 Å². The van der Waals surface area contributed by atoms with Gasteiger partial charge in [0.05, 0.1) is 12.4 Å². The van der Waals surface area contributed by atoms with Crippen molar-refractivity contribution in [1.82, 2.24) is 19.7 Å². The SMILES string of the molecule is CCOc1ccc(-n2c(SCC(N)=O)nnc2-c2c[nH]c3ccccc23)cc1. The van der Waals surface area contributed by atoms with Crippen LogP contribution in [0, 0.1) is 0 Å². The van der Waals surface area contributed by atoms with Gasteiger partial charge in [-0.1, -0.05) is 30.0 Å². The molecule has 8 heteroatoms. The smallest absolute Gasteiger partial charge is 0.227 e. The fourth-order valence-corrected chi connectivity index (χ4v) is 3.71. The number of carbonyl (C=O) groups excluding carboxylic acids is 1. The van der Waals surface area contributed by atoms with Crippen molar-refractivity contribution in [3.05, 3.63) is 54.7 Å². The van der Waals surface area contributed by atoms with Gasteiger partial charge in [-0.25, -0.2) is 0 Å². The molecule has 0 spiro atoms. The molecule has 142 valence electrons. The maximum absolute atomic E-state index is 11.3. The first-order chi connectivity index (χ1) is 13.7. The van der Waals surface area contributed by atoms with Crippen LogP contribution in [0.25, 0.3) is 28.0 Å². The summed E-state index contributed by atoms with van der Waals surface area (Å²) in [6.07, 6.45) is 1.92. The molecule has 4 rings (SSSR count). The Balaban J connectivity index is 1.83. The minimum atomic E-state index is -0.403. The monoisotopic (exact) mass is 393 g/mol. The lowest BCUT2D eigenvalue weighted by Gasteiger charge is -2.11. The van der Waals surface area contributed by atoms with Crippen molar-refractivity contribution < 1.29 is 9.53 Å². The molecule has 0 radical (unpaired) electrons. The molecule has 0 aliphatic rings. The summed E-state index contributed by atoms with van der Waals surface area (Å²) in [6.45, 7) is 2.55. The predicted molar refractivity (Wildman–Crippen MR) is 110 cm³/mol. The van der Waals surface area contributed by atoms with Crippen molar-refractivity contribution in [2.45, 2.75) is 12.1 Å². The van der Waals surface area contributed by atoms with Gasteiger partial charge in [0, 0.05) is 28.4 Å². The van der Waals surface area contributed by atoms with Crippen LogP contribution in [-0.4, -0.2) is 38.0 Å². The van der Waals surface area contributed by atoms with Gasteiger partial charge in [0.25, 0.3) is 0 Å². The molecule has 0 saturated heterocycles. The van der Waals surface area contributed by atoms with E-state index in [9.17, 15) is 4.79 Å². The fourth-order valence-electron chi connectivity index (χ4n) is 3.02. The van der Waals surface area contributed by atoms with Crippen LogP contribution in [0.15, 0.2) is 59.9 Å². The number of nitrogens with zero attached hydrogens (tertiary/aromatic N) is 3. The van der Waals surface area contributed by atoms with Crippen LogP contribution in [0.3, 0.4) is 0 Å². The standard InChI is InChI=1S/C20H19N5O2S/c1-2-27-14-9-7-13(8-10-14)25-19(23-24-20(25)28-12-18(21)26)16-11-22-17-6-4-3-5-15(16)17/h3-11,22H,2,12H2,1H3,(H2,21,26). The molecule has 2 aromatic heterocycles. The number of carbonyl (C=O) groups is 1. The zero-order valence-electron chi connectivity index (χ0n) is 15.3. The Labute approximate surface area is 165 Å². The highest BCUT2D eigenvalue weighted by Gasteiger charge is 2.19. The molecule has 3 N–H and O–H groups in total. The largest absolute Gasteiger partial charge is 0.494 e. The highest BCUT2D eigenvalue weighted by Crippen LogP contribution is 2.32. The number of fused-ring (bicyclic) bond motifs is 1. The van der Waals surface area contributed by atoms with Gasteiger partial charge >= 0.3 is 0 Å². The number of ether oxygens (including phenoxy) is 1. The molecule has 0 aliphatic carbocycles. The fraction of sp³-hybridized carbons (Fsp3) is 0.150. The molecule has 0 fully saturated rings. The third-order valence-corrected chi connectivity index (χ3v) is 5.16. The van der Waals surface area contributed by atoms with Gasteiger partial charge in [-0.15, -0.1) is 10.2 Å². The van der Waals surface area contributed by atoms with E-state index < -0.39 is 5.91 Å². The molecular weight excluding hydrogens is 374 g/mol.